The summed E-state index contributed by atoms with van der Waals surface area (Å²) in [6.45, 7) is 2.00. The number of ketones is 1. The summed E-state index contributed by atoms with van der Waals surface area (Å²) >= 11 is 7.42. The van der Waals surface area contributed by atoms with E-state index in [2.05, 4.69) is 21.0 Å². The van der Waals surface area contributed by atoms with Crippen LogP contribution in [0.4, 0.5) is 5.00 Å². The Kier molecular flexibility index (Phi) is 7.42. The van der Waals surface area contributed by atoms with Crippen molar-refractivity contribution in [3.63, 3.8) is 0 Å². The van der Waals surface area contributed by atoms with E-state index in [1.165, 1.54) is 17.5 Å². The third-order valence-electron chi connectivity index (χ3n) is 5.12. The van der Waals surface area contributed by atoms with Gasteiger partial charge >= 0.3 is 0 Å². The molecule has 0 aliphatic heterocycles. The molecule has 0 amide bonds. The third-order valence-corrected chi connectivity index (χ3v) is 6.48. The van der Waals surface area contributed by atoms with Crippen LogP contribution in [0.1, 0.15) is 65.0 Å². The third kappa shape index (κ3) is 4.94. The molecule has 0 saturated heterocycles. The van der Waals surface area contributed by atoms with Gasteiger partial charge in [-0.3, -0.25) is 4.79 Å². The molecule has 9 heteroatoms. The van der Waals surface area contributed by atoms with Gasteiger partial charge in [0.15, 0.2) is 0 Å². The standard InChI is InChI=1S/C22H25ClN6OS/c1-4-6-14(20(30)16-9-10-26-22(23)28-16)19(25)13-7-5-8-17-18(13)15(11-24)21(31-17)27-12-29(2)3/h9-10,12-13H,4-8,25H2,1-3H3/t13-/m0/s1. The van der Waals surface area contributed by atoms with E-state index in [0.29, 0.717) is 28.3 Å². The molecular weight excluding hydrogens is 432 g/mol. The minimum absolute atomic E-state index is 0.0215. The van der Waals surface area contributed by atoms with Crippen LogP contribution < -0.4 is 5.73 Å². The Hall–Kier alpha value is -2.76. The molecule has 2 heterocycles. The molecule has 0 radical (unpaired) electrons. The van der Waals surface area contributed by atoms with E-state index in [9.17, 15) is 10.1 Å². The van der Waals surface area contributed by atoms with E-state index in [1.807, 2.05) is 25.9 Å². The monoisotopic (exact) mass is 456 g/mol. The highest BCUT2D eigenvalue weighted by molar-refractivity contribution is 7.16. The Bertz CT molecular complexity index is 1080. The Balaban J connectivity index is 2.10. The topological polar surface area (TPSA) is 108 Å². The van der Waals surface area contributed by atoms with Crippen molar-refractivity contribution >= 4 is 40.1 Å². The SMILES string of the molecule is CCCC(C(=O)c1ccnc(Cl)n1)=C(N)[C@H]1CCCc2sc(N=CN(C)C)c(C#N)c21. The Morgan fingerprint density at radius 2 is 2.29 bits per heavy atom. The van der Waals surface area contributed by atoms with Crippen molar-refractivity contribution in [3.05, 3.63) is 50.5 Å². The van der Waals surface area contributed by atoms with Crippen LogP contribution in [0.15, 0.2) is 28.5 Å². The predicted octanol–water partition coefficient (Wildman–Crippen LogP) is 4.60. The number of aryl methyl sites for hydroxylation is 1. The molecule has 0 fully saturated rings. The van der Waals surface area contributed by atoms with Crippen LogP contribution in [0, 0.1) is 11.3 Å². The summed E-state index contributed by atoms with van der Waals surface area (Å²) in [5, 5.41) is 10.6. The fourth-order valence-electron chi connectivity index (χ4n) is 3.79. The van der Waals surface area contributed by atoms with Gasteiger partial charge in [-0.2, -0.15) is 5.26 Å². The van der Waals surface area contributed by atoms with E-state index in [1.54, 1.807) is 12.4 Å². The molecule has 2 aromatic heterocycles. The smallest absolute Gasteiger partial charge is 0.222 e. The lowest BCUT2D eigenvalue weighted by molar-refractivity contribution is 0.102. The van der Waals surface area contributed by atoms with Crippen molar-refractivity contribution in [2.24, 2.45) is 10.7 Å². The Morgan fingerprint density at radius 3 is 2.94 bits per heavy atom. The van der Waals surface area contributed by atoms with Crippen molar-refractivity contribution < 1.29 is 4.79 Å². The quantitative estimate of drug-likeness (QED) is 0.214. The number of rotatable bonds is 7. The van der Waals surface area contributed by atoms with Gasteiger partial charge in [-0.05, 0) is 48.9 Å². The number of nitriles is 1. The zero-order chi connectivity index (χ0) is 22.5. The second kappa shape index (κ2) is 10.0. The fraction of sp³-hybridized carbons (Fsp3) is 0.409. The summed E-state index contributed by atoms with van der Waals surface area (Å²) in [6.07, 6.45) is 7.04. The molecule has 0 bridgehead atoms. The average Bonchev–Trinajstić information content (AvgIpc) is 3.12. The molecule has 2 N–H and O–H groups in total. The molecule has 3 rings (SSSR count). The Labute approximate surface area is 191 Å². The molecular formula is C22H25ClN6OS. The molecule has 0 aromatic carbocycles. The van der Waals surface area contributed by atoms with Crippen molar-refractivity contribution in [3.8, 4) is 6.07 Å². The first-order valence-electron chi connectivity index (χ1n) is 10.1. The molecule has 7 nitrogen and oxygen atoms in total. The normalized spacial score (nSPS) is 16.5. The van der Waals surface area contributed by atoms with Gasteiger partial charge in [-0.1, -0.05) is 13.3 Å². The number of aliphatic imine (C=N–C) groups is 1. The molecule has 0 unspecified atom stereocenters. The van der Waals surface area contributed by atoms with Gasteiger partial charge in [0.1, 0.15) is 16.8 Å². The summed E-state index contributed by atoms with van der Waals surface area (Å²) < 4.78 is 0. The van der Waals surface area contributed by atoms with Crippen LogP contribution in [-0.2, 0) is 6.42 Å². The molecule has 1 aliphatic rings. The lowest BCUT2D eigenvalue weighted by Crippen LogP contribution is -2.21. The van der Waals surface area contributed by atoms with Crippen LogP contribution in [0.2, 0.25) is 5.28 Å². The maximum absolute atomic E-state index is 13.2. The number of carbonyl (C=O) groups is 1. The van der Waals surface area contributed by atoms with Crippen LogP contribution in [-0.4, -0.2) is 41.1 Å². The summed E-state index contributed by atoms with van der Waals surface area (Å²) in [6, 6.07) is 3.87. The molecule has 2 aromatic rings. The van der Waals surface area contributed by atoms with Crippen LogP contribution in [0.3, 0.4) is 0 Å². The number of thiophene rings is 1. The Morgan fingerprint density at radius 1 is 1.52 bits per heavy atom. The molecule has 1 atom stereocenters. The number of hydrogen-bond acceptors (Lipinski definition) is 7. The lowest BCUT2D eigenvalue weighted by Gasteiger charge is -2.25. The number of aromatic nitrogens is 2. The van der Waals surface area contributed by atoms with Crippen molar-refractivity contribution in [1.29, 1.82) is 5.26 Å². The van der Waals surface area contributed by atoms with E-state index in [0.717, 1.165) is 36.1 Å². The maximum Gasteiger partial charge on any atom is 0.222 e. The summed E-state index contributed by atoms with van der Waals surface area (Å²) in [7, 11) is 3.77. The minimum atomic E-state index is -0.240. The highest BCUT2D eigenvalue weighted by Crippen LogP contribution is 2.46. The maximum atomic E-state index is 13.2. The van der Waals surface area contributed by atoms with Gasteiger partial charge in [0.25, 0.3) is 0 Å². The number of Topliss-reactive ketones (excluding diaryl/α,β-unsaturated/α-hetero) is 1. The number of allylic oxidation sites excluding steroid dienone is 2. The summed E-state index contributed by atoms with van der Waals surface area (Å²) in [5.41, 5.74) is 9.40. The first-order chi connectivity index (χ1) is 14.9. The largest absolute Gasteiger partial charge is 0.401 e. The van der Waals surface area contributed by atoms with Crippen LogP contribution in [0.5, 0.6) is 0 Å². The van der Waals surface area contributed by atoms with Gasteiger partial charge in [0.05, 0.1) is 11.9 Å². The second-order valence-electron chi connectivity index (χ2n) is 7.61. The van der Waals surface area contributed by atoms with Crippen molar-refractivity contribution in [2.75, 3.05) is 14.1 Å². The number of nitrogens with two attached hydrogens (primary N) is 1. The van der Waals surface area contributed by atoms with Crippen LogP contribution >= 0.6 is 22.9 Å². The number of halogens is 1. The lowest BCUT2D eigenvalue weighted by atomic mass is 9.80. The number of hydrogen-bond donors (Lipinski definition) is 1. The van der Waals surface area contributed by atoms with Gasteiger partial charge in [0.2, 0.25) is 11.1 Å². The molecule has 0 saturated carbocycles. The average molecular weight is 457 g/mol. The van der Waals surface area contributed by atoms with Crippen LogP contribution in [0.25, 0.3) is 0 Å². The van der Waals surface area contributed by atoms with E-state index in [-0.39, 0.29) is 22.7 Å². The van der Waals surface area contributed by atoms with Crippen molar-refractivity contribution in [2.45, 2.75) is 44.9 Å². The van der Waals surface area contributed by atoms with Gasteiger partial charge < -0.3 is 10.6 Å². The molecule has 0 spiro atoms. The van der Waals surface area contributed by atoms with Gasteiger partial charge in [-0.15, -0.1) is 11.3 Å². The second-order valence-corrected chi connectivity index (χ2v) is 9.03. The van der Waals surface area contributed by atoms with E-state index in [4.69, 9.17) is 17.3 Å². The van der Waals surface area contributed by atoms with Crippen molar-refractivity contribution in [1.82, 2.24) is 14.9 Å². The zero-order valence-corrected chi connectivity index (χ0v) is 19.4. The molecule has 1 aliphatic carbocycles. The highest BCUT2D eigenvalue weighted by atomic mass is 35.5. The minimum Gasteiger partial charge on any atom is -0.401 e. The highest BCUT2D eigenvalue weighted by Gasteiger charge is 2.32. The number of carbonyl (C=O) groups excluding carboxylic acids is 1. The number of nitrogens with zero attached hydrogens (tertiary/aromatic N) is 5. The first-order valence-corrected chi connectivity index (χ1v) is 11.3. The molecule has 31 heavy (non-hydrogen) atoms. The van der Waals surface area contributed by atoms with Gasteiger partial charge in [-0.25, -0.2) is 15.0 Å². The number of fused-ring (bicyclic) bond motifs is 1. The predicted molar refractivity (Wildman–Crippen MR) is 124 cm³/mol. The zero-order valence-electron chi connectivity index (χ0n) is 17.9. The van der Waals surface area contributed by atoms with E-state index < -0.39 is 0 Å². The summed E-state index contributed by atoms with van der Waals surface area (Å²) in [5.74, 6) is -0.434. The van der Waals surface area contributed by atoms with Gasteiger partial charge in [0, 0.05) is 42.4 Å². The first kappa shape index (κ1) is 22.9. The summed E-state index contributed by atoms with van der Waals surface area (Å²) in [4.78, 5) is 28.6. The fourth-order valence-corrected chi connectivity index (χ4v) is 5.12. The van der Waals surface area contributed by atoms with E-state index >= 15 is 0 Å². The molecule has 162 valence electrons.